The molecule has 0 aromatic rings. The quantitative estimate of drug-likeness (QED) is 0.154. The average Bonchev–Trinajstić information content (AvgIpc) is 2.82. The fourth-order valence-corrected chi connectivity index (χ4v) is 4.03. The summed E-state index contributed by atoms with van der Waals surface area (Å²) in [6, 6.07) is 0. The van der Waals surface area contributed by atoms with Crippen LogP contribution in [0.4, 0.5) is 0 Å². The molecule has 0 radical (unpaired) electrons. The van der Waals surface area contributed by atoms with E-state index in [1.807, 2.05) is 0 Å². The first-order valence-corrected chi connectivity index (χ1v) is 10.6. The zero-order valence-electron chi connectivity index (χ0n) is 17.7. The average molecular weight is 504 g/mol. The number of aliphatic hydroxyl groups excluding tert-OH is 11. The van der Waals surface area contributed by atoms with Crippen molar-refractivity contribution < 1.29 is 79.9 Å². The van der Waals surface area contributed by atoms with Gasteiger partial charge in [-0.2, -0.15) is 0 Å². The van der Waals surface area contributed by atoms with E-state index in [0.717, 1.165) is 0 Å². The van der Waals surface area contributed by atoms with Gasteiger partial charge in [-0.25, -0.2) is 0 Å². The molecule has 0 aliphatic carbocycles. The van der Waals surface area contributed by atoms with Crippen molar-refractivity contribution in [1.82, 2.24) is 0 Å². The Morgan fingerprint density at radius 3 is 1.44 bits per heavy atom. The van der Waals surface area contributed by atoms with Gasteiger partial charge in [0.25, 0.3) is 0 Å². The maximum Gasteiger partial charge on any atom is 0.187 e. The molecule has 15 unspecified atom stereocenters. The number of hydrogen-bond donors (Lipinski definition) is 11. The van der Waals surface area contributed by atoms with Gasteiger partial charge >= 0.3 is 0 Å². The van der Waals surface area contributed by atoms with Crippen LogP contribution >= 0.6 is 0 Å². The Balaban J connectivity index is 1.76. The monoisotopic (exact) mass is 504 g/mol. The van der Waals surface area contributed by atoms with E-state index in [2.05, 4.69) is 0 Å². The normalized spacial score (nSPS) is 52.5. The molecule has 16 nitrogen and oxygen atoms in total. The summed E-state index contributed by atoms with van der Waals surface area (Å²) in [4.78, 5) is 0. The molecule has 15 atom stereocenters. The highest BCUT2D eigenvalue weighted by atomic mass is 16.8. The fourth-order valence-electron chi connectivity index (χ4n) is 4.03. The minimum absolute atomic E-state index is 0.724. The van der Waals surface area contributed by atoms with E-state index in [1.165, 1.54) is 0 Å². The molecule has 3 rings (SSSR count). The highest BCUT2D eigenvalue weighted by Crippen LogP contribution is 2.32. The molecule has 3 fully saturated rings. The molecule has 0 bridgehead atoms. The Bertz CT molecular complexity index is 639. The van der Waals surface area contributed by atoms with Gasteiger partial charge in [0, 0.05) is 0 Å². The highest BCUT2D eigenvalue weighted by molar-refractivity contribution is 4.96. The summed E-state index contributed by atoms with van der Waals surface area (Å²) in [7, 11) is 0. The molecule has 11 N–H and O–H groups in total. The maximum absolute atomic E-state index is 10.7. The number of ether oxygens (including phenoxy) is 5. The highest BCUT2D eigenvalue weighted by Gasteiger charge is 2.53. The lowest BCUT2D eigenvalue weighted by Gasteiger charge is -2.47. The molecule has 16 heteroatoms. The Morgan fingerprint density at radius 2 is 0.882 bits per heavy atom. The summed E-state index contributed by atoms with van der Waals surface area (Å²) >= 11 is 0. The zero-order valence-corrected chi connectivity index (χ0v) is 17.7. The summed E-state index contributed by atoms with van der Waals surface area (Å²) < 4.78 is 26.2. The van der Waals surface area contributed by atoms with E-state index in [-0.39, 0.29) is 0 Å². The van der Waals surface area contributed by atoms with E-state index in [9.17, 15) is 51.1 Å². The minimum Gasteiger partial charge on any atom is -0.394 e. The molecule has 0 saturated carbocycles. The van der Waals surface area contributed by atoms with Crippen LogP contribution in [0.2, 0.25) is 0 Å². The summed E-state index contributed by atoms with van der Waals surface area (Å²) in [6.45, 7) is -2.30. The summed E-state index contributed by atoms with van der Waals surface area (Å²) in [5.41, 5.74) is 0. The summed E-state index contributed by atoms with van der Waals surface area (Å²) in [5.74, 6) is 0. The summed E-state index contributed by atoms with van der Waals surface area (Å²) in [6.07, 6.45) is -25.5. The van der Waals surface area contributed by atoms with E-state index >= 15 is 0 Å². The van der Waals surface area contributed by atoms with Crippen molar-refractivity contribution in [3.8, 4) is 0 Å². The molecular formula is C18H32O16. The molecule has 34 heavy (non-hydrogen) atoms. The van der Waals surface area contributed by atoms with Crippen molar-refractivity contribution in [1.29, 1.82) is 0 Å². The Kier molecular flexibility index (Phi) is 9.54. The third-order valence-electron chi connectivity index (χ3n) is 6.10. The number of rotatable bonds is 7. The maximum atomic E-state index is 10.7. The molecule has 3 heterocycles. The van der Waals surface area contributed by atoms with Gasteiger partial charge in [0.1, 0.15) is 73.2 Å². The molecule has 0 aromatic carbocycles. The molecular weight excluding hydrogens is 472 g/mol. The SMILES string of the molecule is OCC1OC(OC2C(O)C(CO)OC(OC3C(O)OC(CO)C(O)C3O)C2O)C(O)C(O)C1O. The summed E-state index contributed by atoms with van der Waals surface area (Å²) in [5, 5.41) is 110. The molecule has 3 aliphatic rings. The number of aliphatic hydroxyl groups is 11. The molecule has 200 valence electrons. The molecule has 3 saturated heterocycles. The van der Waals surface area contributed by atoms with Crippen LogP contribution in [0.1, 0.15) is 0 Å². The van der Waals surface area contributed by atoms with Crippen molar-refractivity contribution in [3.05, 3.63) is 0 Å². The van der Waals surface area contributed by atoms with Crippen LogP contribution in [0.3, 0.4) is 0 Å². The Hall–Kier alpha value is -0.640. The van der Waals surface area contributed by atoms with Crippen LogP contribution in [0.5, 0.6) is 0 Å². The second kappa shape index (κ2) is 11.6. The van der Waals surface area contributed by atoms with E-state index < -0.39 is 112 Å². The zero-order chi connectivity index (χ0) is 25.3. The first kappa shape index (κ1) is 27.9. The topological polar surface area (TPSA) is 269 Å². The van der Waals surface area contributed by atoms with E-state index in [0.29, 0.717) is 0 Å². The van der Waals surface area contributed by atoms with Crippen LogP contribution in [0.25, 0.3) is 0 Å². The van der Waals surface area contributed by atoms with Crippen LogP contribution in [-0.2, 0) is 23.7 Å². The van der Waals surface area contributed by atoms with Gasteiger partial charge in [0.15, 0.2) is 18.9 Å². The number of hydrogen-bond acceptors (Lipinski definition) is 16. The van der Waals surface area contributed by atoms with Gasteiger partial charge in [0.2, 0.25) is 0 Å². The first-order valence-electron chi connectivity index (χ1n) is 10.6. The fraction of sp³-hybridized carbons (Fsp3) is 1.00. The predicted molar refractivity (Wildman–Crippen MR) is 101 cm³/mol. The van der Waals surface area contributed by atoms with Crippen molar-refractivity contribution in [2.24, 2.45) is 0 Å². The van der Waals surface area contributed by atoms with Gasteiger partial charge in [-0.3, -0.25) is 0 Å². The molecule has 0 aromatic heterocycles. The lowest BCUT2D eigenvalue weighted by atomic mass is 9.96. The molecule has 0 amide bonds. The van der Waals surface area contributed by atoms with E-state index in [4.69, 9.17) is 28.8 Å². The second-order valence-corrected chi connectivity index (χ2v) is 8.33. The van der Waals surface area contributed by atoms with Crippen molar-refractivity contribution >= 4 is 0 Å². The third kappa shape index (κ3) is 5.37. The van der Waals surface area contributed by atoms with Crippen LogP contribution < -0.4 is 0 Å². The van der Waals surface area contributed by atoms with Crippen molar-refractivity contribution in [2.45, 2.75) is 92.1 Å². The first-order chi connectivity index (χ1) is 16.0. The van der Waals surface area contributed by atoms with Gasteiger partial charge < -0.3 is 79.9 Å². The van der Waals surface area contributed by atoms with Gasteiger partial charge in [0.05, 0.1) is 19.8 Å². The van der Waals surface area contributed by atoms with E-state index in [1.54, 1.807) is 0 Å². The lowest BCUT2D eigenvalue weighted by Crippen LogP contribution is -2.66. The molecule has 3 aliphatic heterocycles. The predicted octanol–water partition coefficient (Wildman–Crippen LogP) is -7.57. The Labute approximate surface area is 192 Å². The lowest BCUT2D eigenvalue weighted by molar-refractivity contribution is -0.382. The van der Waals surface area contributed by atoms with Crippen LogP contribution in [0, 0.1) is 0 Å². The van der Waals surface area contributed by atoms with Gasteiger partial charge in [-0.05, 0) is 0 Å². The minimum atomic E-state index is -1.92. The largest absolute Gasteiger partial charge is 0.394 e. The van der Waals surface area contributed by atoms with Crippen LogP contribution in [0.15, 0.2) is 0 Å². The van der Waals surface area contributed by atoms with Crippen LogP contribution in [-0.4, -0.2) is 168 Å². The van der Waals surface area contributed by atoms with Gasteiger partial charge in [-0.1, -0.05) is 0 Å². The second-order valence-electron chi connectivity index (χ2n) is 8.33. The molecule has 0 spiro atoms. The van der Waals surface area contributed by atoms with Gasteiger partial charge in [-0.15, -0.1) is 0 Å². The third-order valence-corrected chi connectivity index (χ3v) is 6.10. The van der Waals surface area contributed by atoms with Crippen molar-refractivity contribution in [2.75, 3.05) is 19.8 Å². The smallest absolute Gasteiger partial charge is 0.187 e. The van der Waals surface area contributed by atoms with Crippen molar-refractivity contribution in [3.63, 3.8) is 0 Å². The standard InChI is InChI=1S/C18H32O16/c19-1-4-8(23)11(26)15(16(29)30-4)34-18-13(28)14(9(24)6(3-21)32-18)33-17-12(27)10(25)7(22)5(2-20)31-17/h4-29H,1-3H2. The Morgan fingerprint density at radius 1 is 0.441 bits per heavy atom.